The van der Waals surface area contributed by atoms with Gasteiger partial charge in [-0.15, -0.1) is 11.8 Å². The summed E-state index contributed by atoms with van der Waals surface area (Å²) in [6.07, 6.45) is 2.30. The second-order valence-electron chi connectivity index (χ2n) is 5.03. The first kappa shape index (κ1) is 15.2. The van der Waals surface area contributed by atoms with E-state index in [9.17, 15) is 4.79 Å². The fourth-order valence-corrected chi connectivity index (χ4v) is 3.73. The molecular weight excluding hydrogens is 274 g/mol. The van der Waals surface area contributed by atoms with Crippen LogP contribution in [0.1, 0.15) is 26.2 Å². The van der Waals surface area contributed by atoms with E-state index in [1.807, 2.05) is 24.3 Å². The molecule has 20 heavy (non-hydrogen) atoms. The maximum Gasteiger partial charge on any atom is 0.326 e. The van der Waals surface area contributed by atoms with Gasteiger partial charge in [0.2, 0.25) is 0 Å². The molecule has 1 aromatic carbocycles. The van der Waals surface area contributed by atoms with Gasteiger partial charge in [0.15, 0.2) is 0 Å². The normalized spacial score (nSPS) is 25.4. The zero-order chi connectivity index (χ0) is 14.6. The van der Waals surface area contributed by atoms with Crippen LogP contribution in [0.5, 0.6) is 5.75 Å². The van der Waals surface area contributed by atoms with Crippen LogP contribution in [0.4, 0.5) is 0 Å². The number of carbonyl (C=O) groups is 1. The highest BCUT2D eigenvalue weighted by atomic mass is 32.2. The molecule has 0 radical (unpaired) electrons. The van der Waals surface area contributed by atoms with Crippen LogP contribution in [0.2, 0.25) is 0 Å². The average molecular weight is 295 g/mol. The maximum absolute atomic E-state index is 11.9. The van der Waals surface area contributed by atoms with Gasteiger partial charge in [-0.1, -0.05) is 0 Å². The lowest BCUT2D eigenvalue weighted by atomic mass is 10.00. The third-order valence-corrected chi connectivity index (χ3v) is 4.83. The molecule has 1 aliphatic carbocycles. The Morgan fingerprint density at radius 1 is 1.45 bits per heavy atom. The first-order chi connectivity index (χ1) is 9.57. The van der Waals surface area contributed by atoms with Crippen molar-refractivity contribution < 1.29 is 14.3 Å². The minimum absolute atomic E-state index is 0.266. The minimum atomic E-state index is -0.805. The van der Waals surface area contributed by atoms with Gasteiger partial charge in [-0.2, -0.15) is 0 Å². The maximum atomic E-state index is 11.9. The molecule has 1 fully saturated rings. The van der Waals surface area contributed by atoms with E-state index in [2.05, 4.69) is 0 Å². The van der Waals surface area contributed by atoms with Crippen LogP contribution in [0.3, 0.4) is 0 Å². The number of nitrogens with two attached hydrogens (primary N) is 1. The molecule has 2 atom stereocenters. The minimum Gasteiger partial charge on any atom is -0.497 e. The Hall–Kier alpha value is -1.20. The Balaban J connectivity index is 1.93. The zero-order valence-electron chi connectivity index (χ0n) is 11.9. The summed E-state index contributed by atoms with van der Waals surface area (Å²) in [5.74, 6) is 0.582. The van der Waals surface area contributed by atoms with Crippen molar-refractivity contribution in [2.45, 2.75) is 41.9 Å². The van der Waals surface area contributed by atoms with Crippen LogP contribution in [-0.4, -0.2) is 30.5 Å². The molecule has 0 amide bonds. The van der Waals surface area contributed by atoms with Gasteiger partial charge in [-0.05, 0) is 50.5 Å². The number of hydrogen-bond donors (Lipinski definition) is 1. The highest BCUT2D eigenvalue weighted by Gasteiger charge is 2.43. The second-order valence-corrected chi connectivity index (χ2v) is 6.41. The predicted octanol–water partition coefficient (Wildman–Crippen LogP) is 2.60. The van der Waals surface area contributed by atoms with E-state index >= 15 is 0 Å². The zero-order valence-corrected chi connectivity index (χ0v) is 12.7. The van der Waals surface area contributed by atoms with E-state index in [0.29, 0.717) is 24.7 Å². The van der Waals surface area contributed by atoms with Crippen LogP contribution >= 0.6 is 11.8 Å². The van der Waals surface area contributed by atoms with Crippen molar-refractivity contribution in [3.63, 3.8) is 0 Å². The third kappa shape index (κ3) is 3.46. The van der Waals surface area contributed by atoms with Crippen LogP contribution in [0.25, 0.3) is 0 Å². The average Bonchev–Trinajstić information content (AvgIpc) is 2.83. The fraction of sp³-hybridized carbons (Fsp3) is 0.533. The number of thioether (sulfide) groups is 1. The van der Waals surface area contributed by atoms with E-state index in [1.54, 1.807) is 25.8 Å². The van der Waals surface area contributed by atoms with Crippen LogP contribution in [-0.2, 0) is 9.53 Å². The first-order valence-corrected chi connectivity index (χ1v) is 7.72. The molecule has 5 heteroatoms. The quantitative estimate of drug-likeness (QED) is 0.846. The summed E-state index contributed by atoms with van der Waals surface area (Å²) in [6.45, 7) is 2.19. The first-order valence-electron chi connectivity index (χ1n) is 6.84. The molecule has 0 saturated heterocycles. The van der Waals surface area contributed by atoms with Crippen molar-refractivity contribution in [3.05, 3.63) is 24.3 Å². The number of rotatable bonds is 5. The smallest absolute Gasteiger partial charge is 0.326 e. The number of benzene rings is 1. The number of ether oxygens (including phenoxy) is 2. The fourth-order valence-electron chi connectivity index (χ4n) is 2.44. The van der Waals surface area contributed by atoms with Gasteiger partial charge in [0.25, 0.3) is 0 Å². The molecule has 0 bridgehead atoms. The second kappa shape index (κ2) is 6.50. The van der Waals surface area contributed by atoms with Gasteiger partial charge in [-0.25, -0.2) is 0 Å². The molecule has 2 rings (SSSR count). The SMILES string of the molecule is CCOC(=O)C1(N)CCC(Sc2ccc(OC)cc2)C1. The summed E-state index contributed by atoms with van der Waals surface area (Å²) in [7, 11) is 1.65. The standard InChI is InChI=1S/C15H21NO3S/c1-3-19-14(17)15(16)9-8-13(10-15)20-12-6-4-11(18-2)5-7-12/h4-7,13H,3,8-10,16H2,1-2H3. The molecule has 1 aromatic rings. The van der Waals surface area contributed by atoms with Gasteiger partial charge >= 0.3 is 5.97 Å². The van der Waals surface area contributed by atoms with E-state index in [4.69, 9.17) is 15.2 Å². The van der Waals surface area contributed by atoms with E-state index in [1.165, 1.54) is 4.90 Å². The molecule has 0 aromatic heterocycles. The largest absolute Gasteiger partial charge is 0.497 e. The topological polar surface area (TPSA) is 61.5 Å². The third-order valence-electron chi connectivity index (χ3n) is 3.55. The van der Waals surface area contributed by atoms with Crippen molar-refractivity contribution in [1.82, 2.24) is 0 Å². The highest BCUT2D eigenvalue weighted by molar-refractivity contribution is 8.00. The lowest BCUT2D eigenvalue weighted by Crippen LogP contribution is -2.47. The summed E-state index contributed by atoms with van der Waals surface area (Å²) in [5.41, 5.74) is 5.37. The summed E-state index contributed by atoms with van der Waals surface area (Å²) < 4.78 is 10.2. The van der Waals surface area contributed by atoms with Crippen molar-refractivity contribution in [2.75, 3.05) is 13.7 Å². The highest BCUT2D eigenvalue weighted by Crippen LogP contribution is 2.39. The van der Waals surface area contributed by atoms with Crippen molar-refractivity contribution in [3.8, 4) is 5.75 Å². The molecule has 110 valence electrons. The van der Waals surface area contributed by atoms with Gasteiger partial charge in [0.05, 0.1) is 13.7 Å². The van der Waals surface area contributed by atoms with E-state index < -0.39 is 5.54 Å². The summed E-state index contributed by atoms with van der Waals surface area (Å²) >= 11 is 1.76. The lowest BCUT2D eigenvalue weighted by molar-refractivity contribution is -0.149. The molecule has 2 unspecified atom stereocenters. The molecule has 0 aliphatic heterocycles. The Labute approximate surface area is 124 Å². The van der Waals surface area contributed by atoms with Crippen molar-refractivity contribution >= 4 is 17.7 Å². The molecular formula is C15H21NO3S. The van der Waals surface area contributed by atoms with Gasteiger partial charge in [0, 0.05) is 10.1 Å². The number of carbonyl (C=O) groups excluding carboxylic acids is 1. The molecule has 4 nitrogen and oxygen atoms in total. The van der Waals surface area contributed by atoms with Crippen LogP contribution < -0.4 is 10.5 Å². The summed E-state index contributed by atoms with van der Waals surface area (Å²) in [6, 6.07) is 7.95. The van der Waals surface area contributed by atoms with Gasteiger partial charge in [0.1, 0.15) is 11.3 Å². The molecule has 1 saturated carbocycles. The van der Waals surface area contributed by atoms with E-state index in [-0.39, 0.29) is 5.97 Å². The summed E-state index contributed by atoms with van der Waals surface area (Å²) in [5, 5.41) is 0.359. The van der Waals surface area contributed by atoms with Crippen LogP contribution in [0.15, 0.2) is 29.2 Å². The van der Waals surface area contributed by atoms with E-state index in [0.717, 1.165) is 12.2 Å². The van der Waals surface area contributed by atoms with Gasteiger partial charge < -0.3 is 15.2 Å². The Morgan fingerprint density at radius 2 is 2.15 bits per heavy atom. The number of esters is 1. The molecule has 2 N–H and O–H groups in total. The lowest BCUT2D eigenvalue weighted by Gasteiger charge is -2.21. The molecule has 0 heterocycles. The van der Waals surface area contributed by atoms with Crippen LogP contribution in [0, 0.1) is 0 Å². The molecule has 1 aliphatic rings. The predicted molar refractivity (Wildman–Crippen MR) is 80.0 cm³/mol. The number of hydrogen-bond acceptors (Lipinski definition) is 5. The summed E-state index contributed by atoms with van der Waals surface area (Å²) in [4.78, 5) is 13.0. The van der Waals surface area contributed by atoms with Crippen molar-refractivity contribution in [1.29, 1.82) is 0 Å². The number of methoxy groups -OCH3 is 1. The molecule has 0 spiro atoms. The Kier molecular flexibility index (Phi) is 4.94. The van der Waals surface area contributed by atoms with Crippen molar-refractivity contribution in [2.24, 2.45) is 5.73 Å². The Morgan fingerprint density at radius 3 is 2.75 bits per heavy atom. The Bertz CT molecular complexity index is 463. The monoisotopic (exact) mass is 295 g/mol. The van der Waals surface area contributed by atoms with Gasteiger partial charge in [-0.3, -0.25) is 4.79 Å².